The first-order valence-corrected chi connectivity index (χ1v) is 7.36. The van der Waals surface area contributed by atoms with E-state index in [1.54, 1.807) is 11.3 Å². The van der Waals surface area contributed by atoms with Gasteiger partial charge in [-0.2, -0.15) is 0 Å². The number of aromatic nitrogens is 3. The maximum Gasteiger partial charge on any atom is 0.135 e. The van der Waals surface area contributed by atoms with Gasteiger partial charge in [0.05, 0.1) is 6.54 Å². The summed E-state index contributed by atoms with van der Waals surface area (Å²) in [5, 5.41) is 9.66. The minimum absolute atomic E-state index is 0.699. The van der Waals surface area contributed by atoms with Gasteiger partial charge in [0.1, 0.15) is 22.5 Å². The standard InChI is InChI=1S/C13H19N5S/c1-4-10-17-12(14-5-2)9(3)13(18-10)16-8-11-15-6-7-19-11/h6-7H,4-5,8H2,1-3H3,(H2,14,16,17,18). The molecule has 2 aromatic heterocycles. The Bertz CT molecular complexity index is 524. The van der Waals surface area contributed by atoms with Gasteiger partial charge in [-0.3, -0.25) is 0 Å². The van der Waals surface area contributed by atoms with E-state index in [1.807, 2.05) is 18.5 Å². The van der Waals surface area contributed by atoms with Crippen molar-refractivity contribution in [3.05, 3.63) is 28.0 Å². The maximum atomic E-state index is 4.55. The van der Waals surface area contributed by atoms with Crippen molar-refractivity contribution in [2.24, 2.45) is 0 Å². The number of thiazole rings is 1. The Labute approximate surface area is 117 Å². The molecular weight excluding hydrogens is 258 g/mol. The molecule has 2 rings (SSSR count). The minimum Gasteiger partial charge on any atom is -0.370 e. The van der Waals surface area contributed by atoms with Gasteiger partial charge in [0, 0.05) is 30.1 Å². The van der Waals surface area contributed by atoms with E-state index < -0.39 is 0 Å². The molecule has 0 amide bonds. The molecule has 0 aliphatic rings. The van der Waals surface area contributed by atoms with E-state index in [4.69, 9.17) is 0 Å². The summed E-state index contributed by atoms with van der Waals surface area (Å²) in [6.45, 7) is 7.71. The fourth-order valence-electron chi connectivity index (χ4n) is 1.73. The Kier molecular flexibility index (Phi) is 4.68. The molecule has 0 bridgehead atoms. The van der Waals surface area contributed by atoms with Crippen LogP contribution in [-0.2, 0) is 13.0 Å². The van der Waals surface area contributed by atoms with Crippen LogP contribution in [0.2, 0.25) is 0 Å². The molecule has 0 atom stereocenters. The summed E-state index contributed by atoms with van der Waals surface area (Å²) in [6, 6.07) is 0. The van der Waals surface area contributed by atoms with Crippen LogP contribution in [0.15, 0.2) is 11.6 Å². The molecule has 2 N–H and O–H groups in total. The third-order valence-corrected chi connectivity index (χ3v) is 3.52. The van der Waals surface area contributed by atoms with Crippen LogP contribution in [0.4, 0.5) is 11.6 Å². The van der Waals surface area contributed by atoms with E-state index in [9.17, 15) is 0 Å². The fourth-order valence-corrected chi connectivity index (χ4v) is 2.29. The number of hydrogen-bond donors (Lipinski definition) is 2. The second-order valence-electron chi connectivity index (χ2n) is 4.13. The number of hydrogen-bond acceptors (Lipinski definition) is 6. The van der Waals surface area contributed by atoms with Crippen LogP contribution in [0.1, 0.15) is 30.2 Å². The van der Waals surface area contributed by atoms with Crippen molar-refractivity contribution in [2.45, 2.75) is 33.7 Å². The lowest BCUT2D eigenvalue weighted by atomic mass is 10.3. The molecule has 2 aromatic rings. The van der Waals surface area contributed by atoms with E-state index in [1.165, 1.54) is 0 Å². The maximum absolute atomic E-state index is 4.55. The molecule has 5 nitrogen and oxygen atoms in total. The van der Waals surface area contributed by atoms with Gasteiger partial charge in [-0.1, -0.05) is 6.92 Å². The molecule has 0 unspecified atom stereocenters. The number of anilines is 2. The third kappa shape index (κ3) is 3.41. The highest BCUT2D eigenvalue weighted by Gasteiger charge is 2.09. The zero-order valence-corrected chi connectivity index (χ0v) is 12.3. The summed E-state index contributed by atoms with van der Waals surface area (Å²) in [4.78, 5) is 13.3. The highest BCUT2D eigenvalue weighted by molar-refractivity contribution is 7.09. The molecule has 0 radical (unpaired) electrons. The van der Waals surface area contributed by atoms with Crippen LogP contribution in [0.3, 0.4) is 0 Å². The summed E-state index contributed by atoms with van der Waals surface area (Å²) < 4.78 is 0. The van der Waals surface area contributed by atoms with Gasteiger partial charge in [-0.25, -0.2) is 15.0 Å². The average Bonchev–Trinajstić information content (AvgIpc) is 2.93. The number of rotatable bonds is 6. The van der Waals surface area contributed by atoms with Crippen molar-refractivity contribution in [3.63, 3.8) is 0 Å². The number of nitrogens with zero attached hydrogens (tertiary/aromatic N) is 3. The molecule has 2 heterocycles. The molecule has 0 saturated carbocycles. The van der Waals surface area contributed by atoms with Crippen molar-refractivity contribution >= 4 is 23.0 Å². The summed E-state index contributed by atoms with van der Waals surface area (Å²) in [5.74, 6) is 2.65. The largest absolute Gasteiger partial charge is 0.370 e. The summed E-state index contributed by atoms with van der Waals surface area (Å²) in [6.07, 6.45) is 2.64. The van der Waals surface area contributed by atoms with Crippen LogP contribution >= 0.6 is 11.3 Å². The summed E-state index contributed by atoms with van der Waals surface area (Å²) in [5.41, 5.74) is 1.05. The van der Waals surface area contributed by atoms with E-state index in [-0.39, 0.29) is 0 Å². The fraction of sp³-hybridized carbons (Fsp3) is 0.462. The lowest BCUT2D eigenvalue weighted by molar-refractivity contribution is 0.918. The summed E-state index contributed by atoms with van der Waals surface area (Å²) >= 11 is 1.64. The van der Waals surface area contributed by atoms with E-state index >= 15 is 0 Å². The third-order valence-electron chi connectivity index (χ3n) is 2.74. The van der Waals surface area contributed by atoms with Crippen LogP contribution in [-0.4, -0.2) is 21.5 Å². The van der Waals surface area contributed by atoms with Crippen molar-refractivity contribution in [1.82, 2.24) is 15.0 Å². The molecular formula is C13H19N5S. The van der Waals surface area contributed by atoms with Crippen molar-refractivity contribution < 1.29 is 0 Å². The Hall–Kier alpha value is -1.69. The predicted octanol–water partition coefficient (Wildman–Crippen LogP) is 2.85. The van der Waals surface area contributed by atoms with Crippen molar-refractivity contribution in [3.8, 4) is 0 Å². The SMILES string of the molecule is CCNc1nc(CC)nc(NCc2nccs2)c1C. The van der Waals surface area contributed by atoms with Crippen LogP contribution < -0.4 is 10.6 Å². The molecule has 0 saturated heterocycles. The number of nitrogens with one attached hydrogen (secondary N) is 2. The summed E-state index contributed by atoms with van der Waals surface area (Å²) in [7, 11) is 0. The van der Waals surface area contributed by atoms with Crippen LogP contribution in [0.5, 0.6) is 0 Å². The van der Waals surface area contributed by atoms with E-state index in [0.29, 0.717) is 6.54 Å². The monoisotopic (exact) mass is 277 g/mol. The second kappa shape index (κ2) is 6.47. The Morgan fingerprint density at radius 3 is 2.47 bits per heavy atom. The lowest BCUT2D eigenvalue weighted by Gasteiger charge is -2.13. The quantitative estimate of drug-likeness (QED) is 0.850. The molecule has 6 heteroatoms. The first kappa shape index (κ1) is 13.7. The van der Waals surface area contributed by atoms with Gasteiger partial charge in [-0.05, 0) is 13.8 Å². The van der Waals surface area contributed by atoms with Gasteiger partial charge in [0.2, 0.25) is 0 Å². The molecule has 0 spiro atoms. The smallest absolute Gasteiger partial charge is 0.135 e. The van der Waals surface area contributed by atoms with Gasteiger partial charge >= 0.3 is 0 Å². The van der Waals surface area contributed by atoms with E-state index in [0.717, 1.165) is 41.0 Å². The van der Waals surface area contributed by atoms with Gasteiger partial charge in [-0.15, -0.1) is 11.3 Å². The van der Waals surface area contributed by atoms with Crippen molar-refractivity contribution in [1.29, 1.82) is 0 Å². The average molecular weight is 277 g/mol. The van der Waals surface area contributed by atoms with Gasteiger partial charge < -0.3 is 10.6 Å². The predicted molar refractivity (Wildman–Crippen MR) is 79.8 cm³/mol. The van der Waals surface area contributed by atoms with Gasteiger partial charge in [0.25, 0.3) is 0 Å². The highest BCUT2D eigenvalue weighted by Crippen LogP contribution is 2.21. The minimum atomic E-state index is 0.699. The van der Waals surface area contributed by atoms with Gasteiger partial charge in [0.15, 0.2) is 0 Å². The topological polar surface area (TPSA) is 62.7 Å². The Balaban J connectivity index is 2.20. The molecule has 102 valence electrons. The molecule has 0 aliphatic carbocycles. The normalized spacial score (nSPS) is 10.5. The molecule has 0 fully saturated rings. The Morgan fingerprint density at radius 1 is 1.16 bits per heavy atom. The number of aryl methyl sites for hydroxylation is 1. The van der Waals surface area contributed by atoms with Crippen LogP contribution in [0.25, 0.3) is 0 Å². The zero-order valence-electron chi connectivity index (χ0n) is 11.5. The zero-order chi connectivity index (χ0) is 13.7. The van der Waals surface area contributed by atoms with Crippen LogP contribution in [0, 0.1) is 6.92 Å². The first-order chi connectivity index (χ1) is 9.24. The first-order valence-electron chi connectivity index (χ1n) is 6.48. The Morgan fingerprint density at radius 2 is 1.89 bits per heavy atom. The molecule has 0 aliphatic heterocycles. The second-order valence-corrected chi connectivity index (χ2v) is 5.10. The molecule has 19 heavy (non-hydrogen) atoms. The molecule has 0 aromatic carbocycles. The highest BCUT2D eigenvalue weighted by atomic mass is 32.1. The van der Waals surface area contributed by atoms with Crippen molar-refractivity contribution in [2.75, 3.05) is 17.2 Å². The lowest BCUT2D eigenvalue weighted by Crippen LogP contribution is -2.10. The van der Waals surface area contributed by atoms with E-state index in [2.05, 4.69) is 39.4 Å².